The summed E-state index contributed by atoms with van der Waals surface area (Å²) in [6.07, 6.45) is 4.48. The molecule has 1 amide bonds. The summed E-state index contributed by atoms with van der Waals surface area (Å²) in [6.45, 7) is 2.15. The van der Waals surface area contributed by atoms with Crippen molar-refractivity contribution in [2.24, 2.45) is 5.10 Å². The molecule has 0 saturated carbocycles. The van der Waals surface area contributed by atoms with E-state index in [1.54, 1.807) is 36.5 Å². The molecule has 3 aromatic carbocycles. The number of aromatic nitrogens is 2. The van der Waals surface area contributed by atoms with Gasteiger partial charge in [0.05, 0.1) is 35.4 Å². The van der Waals surface area contributed by atoms with Gasteiger partial charge in [-0.15, -0.1) is 0 Å². The van der Waals surface area contributed by atoms with Gasteiger partial charge in [0.15, 0.2) is 11.5 Å². The number of thioether (sulfide) groups is 1. The molecule has 0 unspecified atom stereocenters. The van der Waals surface area contributed by atoms with Crippen molar-refractivity contribution in [2.45, 2.75) is 11.9 Å². The van der Waals surface area contributed by atoms with E-state index in [0.717, 1.165) is 28.5 Å². The first-order valence-corrected chi connectivity index (χ1v) is 14.9. The van der Waals surface area contributed by atoms with Crippen LogP contribution in [0.25, 0.3) is 22.4 Å². The molecule has 0 aliphatic rings. The second-order valence-corrected chi connectivity index (χ2v) is 10.4. The number of hydrogen-bond donors (Lipinski definition) is 1. The molecule has 222 valence electrons. The Labute approximate surface area is 264 Å². The van der Waals surface area contributed by atoms with Crippen molar-refractivity contribution in [2.75, 3.05) is 12.4 Å². The van der Waals surface area contributed by atoms with E-state index in [2.05, 4.69) is 21.6 Å². The van der Waals surface area contributed by atoms with E-state index in [9.17, 15) is 14.9 Å². The Hall–Kier alpha value is -5.79. The third-order valence-corrected chi connectivity index (χ3v) is 7.32. The third kappa shape index (κ3) is 7.98. The zero-order valence-electron chi connectivity index (χ0n) is 24.2. The molecule has 0 bridgehead atoms. The Kier molecular flexibility index (Phi) is 10.3. The van der Waals surface area contributed by atoms with E-state index in [-0.39, 0.29) is 11.5 Å². The summed E-state index contributed by atoms with van der Waals surface area (Å²) >= 11 is 1.14. The highest BCUT2D eigenvalue weighted by Crippen LogP contribution is 2.35. The number of hydrazone groups is 1. The highest BCUT2D eigenvalue weighted by Gasteiger charge is 2.18. The van der Waals surface area contributed by atoms with E-state index in [1.165, 1.54) is 12.4 Å². The molecule has 10 heteroatoms. The summed E-state index contributed by atoms with van der Waals surface area (Å²) in [4.78, 5) is 33.9. The van der Waals surface area contributed by atoms with Crippen LogP contribution in [0.4, 0.5) is 0 Å². The van der Waals surface area contributed by atoms with Gasteiger partial charge in [-0.3, -0.25) is 14.6 Å². The minimum absolute atomic E-state index is 0.0939. The second-order valence-electron chi connectivity index (χ2n) is 9.42. The predicted octanol–water partition coefficient (Wildman–Crippen LogP) is 6.54. The van der Waals surface area contributed by atoms with Gasteiger partial charge in [-0.05, 0) is 54.4 Å². The van der Waals surface area contributed by atoms with Crippen LogP contribution in [0.3, 0.4) is 0 Å². The predicted molar refractivity (Wildman–Crippen MR) is 173 cm³/mol. The molecule has 0 spiro atoms. The summed E-state index contributed by atoms with van der Waals surface area (Å²) in [7, 11) is 0. The van der Waals surface area contributed by atoms with Crippen molar-refractivity contribution in [3.05, 3.63) is 126 Å². The highest BCUT2D eigenvalue weighted by molar-refractivity contribution is 7.99. The number of pyridine rings is 2. The Morgan fingerprint density at radius 1 is 0.956 bits per heavy atom. The molecule has 5 aromatic rings. The maximum absolute atomic E-state index is 13.0. The standard InChI is InChI=1S/C35H27N5O4S/c1-2-43-32-18-24(21-38-40-34(42)27-14-9-17-37-22-27)15-16-31(32)44-33(41)23-45-35-29(20-36)28(25-10-5-3-6-11-25)19-30(39-35)26-12-7-4-8-13-26/h3-19,21-22H,2,23H2,1H3,(H,40,42). The molecule has 0 radical (unpaired) electrons. The van der Waals surface area contributed by atoms with Crippen LogP contribution in [0, 0.1) is 11.3 Å². The van der Waals surface area contributed by atoms with Crippen molar-refractivity contribution in [1.82, 2.24) is 15.4 Å². The van der Waals surface area contributed by atoms with Crippen molar-refractivity contribution < 1.29 is 19.1 Å². The first kappa shape index (κ1) is 30.7. The smallest absolute Gasteiger partial charge is 0.321 e. The first-order valence-electron chi connectivity index (χ1n) is 14.0. The van der Waals surface area contributed by atoms with Crippen LogP contribution >= 0.6 is 11.8 Å². The first-order chi connectivity index (χ1) is 22.1. The molecule has 0 aliphatic heterocycles. The Morgan fingerprint density at radius 2 is 1.71 bits per heavy atom. The molecular weight excluding hydrogens is 586 g/mol. The van der Waals surface area contributed by atoms with E-state index >= 15 is 0 Å². The lowest BCUT2D eigenvalue weighted by Gasteiger charge is -2.13. The number of carbonyl (C=O) groups is 2. The lowest BCUT2D eigenvalue weighted by molar-refractivity contribution is -0.131. The summed E-state index contributed by atoms with van der Waals surface area (Å²) in [5.41, 5.74) is 7.02. The van der Waals surface area contributed by atoms with Crippen LogP contribution in [0.1, 0.15) is 28.4 Å². The average Bonchev–Trinajstić information content (AvgIpc) is 3.09. The van der Waals surface area contributed by atoms with Crippen molar-refractivity contribution in [3.63, 3.8) is 0 Å². The number of amides is 1. The van der Waals surface area contributed by atoms with Gasteiger partial charge in [0.25, 0.3) is 5.91 Å². The minimum atomic E-state index is -0.539. The number of ether oxygens (including phenoxy) is 2. The number of nitriles is 1. The molecule has 0 fully saturated rings. The molecular formula is C35H27N5O4S. The molecule has 1 N–H and O–H groups in total. The van der Waals surface area contributed by atoms with Gasteiger partial charge in [0.1, 0.15) is 11.1 Å². The molecule has 0 aliphatic carbocycles. The summed E-state index contributed by atoms with van der Waals surface area (Å²) in [5, 5.41) is 14.5. The third-order valence-electron chi connectivity index (χ3n) is 6.37. The van der Waals surface area contributed by atoms with Crippen LogP contribution in [0.15, 0.2) is 120 Å². The molecule has 5 rings (SSSR count). The van der Waals surface area contributed by atoms with Gasteiger partial charge in [-0.2, -0.15) is 10.4 Å². The number of nitrogens with zero attached hydrogens (tertiary/aromatic N) is 4. The molecule has 0 atom stereocenters. The van der Waals surface area contributed by atoms with E-state index in [1.807, 2.05) is 73.7 Å². The van der Waals surface area contributed by atoms with E-state index in [0.29, 0.717) is 39.8 Å². The normalized spacial score (nSPS) is 10.7. The fourth-order valence-corrected chi connectivity index (χ4v) is 5.08. The Morgan fingerprint density at radius 3 is 2.40 bits per heavy atom. The molecule has 45 heavy (non-hydrogen) atoms. The molecule has 2 aromatic heterocycles. The zero-order valence-corrected chi connectivity index (χ0v) is 25.0. The summed E-state index contributed by atoms with van der Waals surface area (Å²) < 4.78 is 11.4. The number of benzene rings is 3. The Balaban J connectivity index is 1.32. The van der Waals surface area contributed by atoms with E-state index < -0.39 is 11.9 Å². The second kappa shape index (κ2) is 15.1. The van der Waals surface area contributed by atoms with Crippen molar-refractivity contribution in [1.29, 1.82) is 5.26 Å². The van der Waals surface area contributed by atoms with Crippen molar-refractivity contribution >= 4 is 29.9 Å². The van der Waals surface area contributed by atoms with Gasteiger partial charge in [-0.1, -0.05) is 72.4 Å². The monoisotopic (exact) mass is 613 g/mol. The van der Waals surface area contributed by atoms with Crippen LogP contribution in [-0.2, 0) is 4.79 Å². The van der Waals surface area contributed by atoms with Crippen LogP contribution in [0.5, 0.6) is 11.5 Å². The topological polar surface area (TPSA) is 127 Å². The summed E-state index contributed by atoms with van der Waals surface area (Å²) in [5.74, 6) is -0.458. The van der Waals surface area contributed by atoms with Gasteiger partial charge in [0.2, 0.25) is 0 Å². The molecule has 2 heterocycles. The number of hydrogen-bond acceptors (Lipinski definition) is 9. The van der Waals surface area contributed by atoms with Gasteiger partial charge >= 0.3 is 5.97 Å². The van der Waals surface area contributed by atoms with Crippen molar-refractivity contribution in [3.8, 4) is 40.0 Å². The lowest BCUT2D eigenvalue weighted by atomic mass is 9.99. The zero-order chi connectivity index (χ0) is 31.4. The number of esters is 1. The van der Waals surface area contributed by atoms with E-state index in [4.69, 9.17) is 14.5 Å². The fourth-order valence-electron chi connectivity index (χ4n) is 4.30. The maximum Gasteiger partial charge on any atom is 0.321 e. The molecule has 0 saturated heterocycles. The van der Waals surface area contributed by atoms with Crippen LogP contribution in [0.2, 0.25) is 0 Å². The van der Waals surface area contributed by atoms with Gasteiger partial charge < -0.3 is 9.47 Å². The maximum atomic E-state index is 13.0. The number of rotatable bonds is 11. The fraction of sp³-hybridized carbons (Fsp3) is 0.0857. The highest BCUT2D eigenvalue weighted by atomic mass is 32.2. The van der Waals surface area contributed by atoms with Gasteiger partial charge in [0, 0.05) is 23.5 Å². The quantitative estimate of drug-likeness (QED) is 0.0585. The van der Waals surface area contributed by atoms with Crippen LogP contribution < -0.4 is 14.9 Å². The number of nitrogens with one attached hydrogen (secondary N) is 1. The minimum Gasteiger partial charge on any atom is -0.490 e. The van der Waals surface area contributed by atoms with Gasteiger partial charge in [-0.25, -0.2) is 10.4 Å². The average molecular weight is 614 g/mol. The Bertz CT molecular complexity index is 1860. The lowest BCUT2D eigenvalue weighted by Crippen LogP contribution is -2.17. The largest absolute Gasteiger partial charge is 0.490 e. The SMILES string of the molecule is CCOc1cc(C=NNC(=O)c2cccnc2)ccc1OC(=O)CSc1nc(-c2ccccc2)cc(-c2ccccc2)c1C#N. The summed E-state index contributed by atoms with van der Waals surface area (Å²) in [6, 6.07) is 31.7. The molecule has 9 nitrogen and oxygen atoms in total. The number of carbonyl (C=O) groups excluding carboxylic acids is 2. The van der Waals surface area contributed by atoms with Crippen LogP contribution in [-0.4, -0.2) is 40.4 Å².